The number of hydrogen-bond acceptors (Lipinski definition) is 2. The van der Waals surface area contributed by atoms with Crippen molar-refractivity contribution >= 4 is 29.1 Å². The van der Waals surface area contributed by atoms with Crippen LogP contribution in [0.4, 0.5) is 18.9 Å². The second kappa shape index (κ2) is 10.0. The number of amides is 2. The third kappa shape index (κ3) is 6.89. The van der Waals surface area contributed by atoms with E-state index in [1.54, 1.807) is 0 Å². The van der Waals surface area contributed by atoms with E-state index in [9.17, 15) is 22.8 Å². The van der Waals surface area contributed by atoms with Gasteiger partial charge in [0.25, 0.3) is 0 Å². The van der Waals surface area contributed by atoms with Crippen molar-refractivity contribution in [3.05, 3.63) is 29.8 Å². The van der Waals surface area contributed by atoms with Crippen molar-refractivity contribution in [1.29, 1.82) is 0 Å². The monoisotopic (exact) mass is 446 g/mol. The third-order valence-electron chi connectivity index (χ3n) is 5.21. The molecule has 4 nitrogen and oxygen atoms in total. The molecule has 1 unspecified atom stereocenters. The van der Waals surface area contributed by atoms with E-state index in [4.69, 9.17) is 11.6 Å². The first kappa shape index (κ1) is 24.5. The summed E-state index contributed by atoms with van der Waals surface area (Å²) >= 11 is 5.79. The van der Waals surface area contributed by atoms with Crippen molar-refractivity contribution in [3.63, 3.8) is 0 Å². The summed E-state index contributed by atoms with van der Waals surface area (Å²) < 4.78 is 39.7. The van der Waals surface area contributed by atoms with Gasteiger partial charge < -0.3 is 5.32 Å². The van der Waals surface area contributed by atoms with Gasteiger partial charge in [0.2, 0.25) is 11.8 Å². The number of nitrogens with zero attached hydrogens (tertiary/aromatic N) is 1. The standard InChI is InChI=1S/C22H30ClF3N2O2/c1-21(2,3)13-18(20(30)27-16-9-5-4-6-10-16)28(19(29)14-23)17-11-7-8-15(12-17)22(24,25)26/h7-8,11-12,16,18H,4-6,9-10,13-14H2,1-3H3,(H,27,30). The van der Waals surface area contributed by atoms with E-state index in [0.717, 1.165) is 49.1 Å². The highest BCUT2D eigenvalue weighted by Crippen LogP contribution is 2.34. The van der Waals surface area contributed by atoms with Gasteiger partial charge in [-0.15, -0.1) is 11.6 Å². The van der Waals surface area contributed by atoms with Crippen LogP contribution in [0.25, 0.3) is 0 Å². The molecule has 0 saturated heterocycles. The maximum atomic E-state index is 13.2. The fraction of sp³-hybridized carbons (Fsp3) is 0.636. The number of hydrogen-bond donors (Lipinski definition) is 1. The van der Waals surface area contributed by atoms with Crippen LogP contribution in [0.15, 0.2) is 24.3 Å². The van der Waals surface area contributed by atoms with Crippen molar-refractivity contribution in [1.82, 2.24) is 5.32 Å². The van der Waals surface area contributed by atoms with Crippen LogP contribution in [-0.4, -0.2) is 29.8 Å². The van der Waals surface area contributed by atoms with Crippen molar-refractivity contribution < 1.29 is 22.8 Å². The number of alkyl halides is 4. The van der Waals surface area contributed by atoms with Gasteiger partial charge in [0, 0.05) is 11.7 Å². The Bertz CT molecular complexity index is 741. The second-order valence-corrected chi connectivity index (χ2v) is 9.34. The summed E-state index contributed by atoms with van der Waals surface area (Å²) in [6.45, 7) is 5.76. The molecule has 0 spiro atoms. The Balaban J connectivity index is 2.43. The average Bonchev–Trinajstić information content (AvgIpc) is 2.66. The van der Waals surface area contributed by atoms with Crippen LogP contribution in [0.5, 0.6) is 0 Å². The maximum absolute atomic E-state index is 13.2. The Morgan fingerprint density at radius 1 is 1.17 bits per heavy atom. The maximum Gasteiger partial charge on any atom is 0.416 e. The van der Waals surface area contributed by atoms with E-state index in [0.29, 0.717) is 0 Å². The molecule has 0 radical (unpaired) electrons. The molecule has 1 fully saturated rings. The highest BCUT2D eigenvalue weighted by Gasteiger charge is 2.37. The van der Waals surface area contributed by atoms with Gasteiger partial charge in [-0.1, -0.05) is 46.1 Å². The predicted octanol–water partition coefficient (Wildman–Crippen LogP) is 5.53. The molecule has 0 heterocycles. The molecular formula is C22H30ClF3N2O2. The molecule has 1 N–H and O–H groups in total. The predicted molar refractivity (Wildman–Crippen MR) is 113 cm³/mol. The zero-order valence-electron chi connectivity index (χ0n) is 17.7. The molecule has 0 aromatic heterocycles. The van der Waals surface area contributed by atoms with E-state index < -0.39 is 29.6 Å². The van der Waals surface area contributed by atoms with Crippen molar-refractivity contribution in [2.24, 2.45) is 5.41 Å². The normalized spacial score (nSPS) is 16.8. The van der Waals surface area contributed by atoms with Crippen LogP contribution in [0.2, 0.25) is 0 Å². The summed E-state index contributed by atoms with van der Waals surface area (Å²) in [6.07, 6.45) is 0.612. The van der Waals surface area contributed by atoms with Gasteiger partial charge in [0.15, 0.2) is 0 Å². The van der Waals surface area contributed by atoms with Crippen molar-refractivity contribution in [2.75, 3.05) is 10.8 Å². The first-order valence-electron chi connectivity index (χ1n) is 10.3. The molecule has 1 aliphatic rings. The summed E-state index contributed by atoms with van der Waals surface area (Å²) in [5.74, 6) is -1.40. The van der Waals surface area contributed by atoms with Gasteiger partial charge in [0.05, 0.1) is 5.56 Å². The first-order valence-corrected chi connectivity index (χ1v) is 10.8. The van der Waals surface area contributed by atoms with Gasteiger partial charge in [0.1, 0.15) is 11.9 Å². The number of halogens is 4. The molecule has 1 aromatic carbocycles. The number of carbonyl (C=O) groups excluding carboxylic acids is 2. The average molecular weight is 447 g/mol. The van der Waals surface area contributed by atoms with Crippen LogP contribution >= 0.6 is 11.6 Å². The topological polar surface area (TPSA) is 49.4 Å². The summed E-state index contributed by atoms with van der Waals surface area (Å²) in [5.41, 5.74) is -1.21. The molecule has 1 saturated carbocycles. The highest BCUT2D eigenvalue weighted by atomic mass is 35.5. The molecule has 0 aliphatic heterocycles. The Morgan fingerprint density at radius 3 is 2.33 bits per heavy atom. The SMILES string of the molecule is CC(C)(C)CC(C(=O)NC1CCCCC1)N(C(=O)CCl)c1cccc(C(F)(F)F)c1. The smallest absolute Gasteiger partial charge is 0.352 e. The Labute approximate surface area is 181 Å². The number of rotatable bonds is 6. The van der Waals surface area contributed by atoms with E-state index in [2.05, 4.69) is 5.32 Å². The van der Waals surface area contributed by atoms with Crippen molar-refractivity contribution in [2.45, 2.75) is 77.6 Å². The number of carbonyl (C=O) groups is 2. The van der Waals surface area contributed by atoms with E-state index in [-0.39, 0.29) is 29.5 Å². The lowest BCUT2D eigenvalue weighted by molar-refractivity contribution is -0.137. The van der Waals surface area contributed by atoms with Gasteiger partial charge in [-0.25, -0.2) is 0 Å². The van der Waals surface area contributed by atoms with Crippen LogP contribution < -0.4 is 10.2 Å². The summed E-state index contributed by atoms with van der Waals surface area (Å²) in [7, 11) is 0. The largest absolute Gasteiger partial charge is 0.416 e. The quantitative estimate of drug-likeness (QED) is 0.584. The molecule has 1 atom stereocenters. The minimum absolute atomic E-state index is 0.0168. The first-order chi connectivity index (χ1) is 13.9. The number of nitrogens with one attached hydrogen (secondary N) is 1. The van der Waals surface area contributed by atoms with Crippen LogP contribution in [0, 0.1) is 5.41 Å². The molecular weight excluding hydrogens is 417 g/mol. The molecule has 8 heteroatoms. The van der Waals surface area contributed by atoms with E-state index in [1.165, 1.54) is 12.1 Å². The Morgan fingerprint density at radius 2 is 1.80 bits per heavy atom. The lowest BCUT2D eigenvalue weighted by Crippen LogP contribution is -2.54. The summed E-state index contributed by atoms with van der Waals surface area (Å²) in [6, 6.07) is 3.54. The zero-order chi connectivity index (χ0) is 22.5. The second-order valence-electron chi connectivity index (χ2n) is 9.07. The van der Waals surface area contributed by atoms with Crippen LogP contribution in [0.1, 0.15) is 64.9 Å². The molecule has 30 heavy (non-hydrogen) atoms. The fourth-order valence-corrected chi connectivity index (χ4v) is 3.95. The summed E-state index contributed by atoms with van der Waals surface area (Å²) in [4.78, 5) is 27.1. The lowest BCUT2D eigenvalue weighted by atomic mass is 9.86. The van der Waals surface area contributed by atoms with Crippen LogP contribution in [-0.2, 0) is 15.8 Å². The number of anilines is 1. The number of benzene rings is 1. The van der Waals surface area contributed by atoms with Crippen LogP contribution in [0.3, 0.4) is 0 Å². The molecule has 2 amide bonds. The van der Waals surface area contributed by atoms with Crippen molar-refractivity contribution in [3.8, 4) is 0 Å². The molecule has 1 aromatic rings. The fourth-order valence-electron chi connectivity index (χ4n) is 3.82. The third-order valence-corrected chi connectivity index (χ3v) is 5.43. The van der Waals surface area contributed by atoms with Gasteiger partial charge >= 0.3 is 6.18 Å². The van der Waals surface area contributed by atoms with E-state index >= 15 is 0 Å². The molecule has 168 valence electrons. The van der Waals surface area contributed by atoms with E-state index in [1.807, 2.05) is 20.8 Å². The molecule has 0 bridgehead atoms. The lowest BCUT2D eigenvalue weighted by Gasteiger charge is -2.36. The zero-order valence-corrected chi connectivity index (χ0v) is 18.4. The Hall–Kier alpha value is -1.76. The minimum atomic E-state index is -4.56. The van der Waals surface area contributed by atoms with Gasteiger partial charge in [-0.05, 0) is 42.9 Å². The highest BCUT2D eigenvalue weighted by molar-refractivity contribution is 6.29. The van der Waals surface area contributed by atoms with Gasteiger partial charge in [-0.3, -0.25) is 14.5 Å². The molecule has 1 aliphatic carbocycles. The van der Waals surface area contributed by atoms with Gasteiger partial charge in [-0.2, -0.15) is 13.2 Å². The molecule has 2 rings (SSSR count). The Kier molecular flexibility index (Phi) is 8.20. The summed E-state index contributed by atoms with van der Waals surface area (Å²) in [5, 5.41) is 3.02. The minimum Gasteiger partial charge on any atom is -0.352 e.